The molecule has 2 N–H and O–H groups in total. The molecule has 2 amide bonds. The number of carbonyl (C=O) groups is 2. The van der Waals surface area contributed by atoms with Gasteiger partial charge in [-0.25, -0.2) is 9.37 Å². The molecule has 2 atom stereocenters. The smallest absolute Gasteiger partial charge is 0.270 e. The van der Waals surface area contributed by atoms with Crippen LogP contribution < -0.4 is 10.9 Å². The van der Waals surface area contributed by atoms with E-state index >= 15 is 0 Å². The second-order valence-electron chi connectivity index (χ2n) is 8.19. The topological polar surface area (TPSA) is 104 Å². The number of aromatic nitrogens is 2. The molecule has 160 valence electrons. The molecule has 1 saturated carbocycles. The molecule has 30 heavy (non-hydrogen) atoms. The summed E-state index contributed by atoms with van der Waals surface area (Å²) in [4.78, 5) is 43.6. The van der Waals surface area contributed by atoms with E-state index in [1.807, 2.05) is 0 Å². The van der Waals surface area contributed by atoms with Crippen LogP contribution in [-0.2, 0) is 4.79 Å². The van der Waals surface area contributed by atoms with Crippen molar-refractivity contribution in [1.82, 2.24) is 19.6 Å². The van der Waals surface area contributed by atoms with Crippen LogP contribution in [0.15, 0.2) is 29.2 Å². The number of nitrogens with one attached hydrogen (secondary N) is 1. The summed E-state index contributed by atoms with van der Waals surface area (Å²) >= 11 is 0. The summed E-state index contributed by atoms with van der Waals surface area (Å²) in [6, 6.07) is 5.14. The Balaban J connectivity index is 1.38. The Morgan fingerprint density at radius 1 is 1.20 bits per heavy atom. The summed E-state index contributed by atoms with van der Waals surface area (Å²) < 4.78 is 14.9. The van der Waals surface area contributed by atoms with Crippen molar-refractivity contribution in [3.8, 4) is 0 Å². The van der Waals surface area contributed by atoms with Crippen LogP contribution in [0.4, 0.5) is 4.39 Å². The number of pyridine rings is 1. The number of rotatable bonds is 3. The molecule has 0 bridgehead atoms. The van der Waals surface area contributed by atoms with Crippen LogP contribution in [0.25, 0.3) is 5.65 Å². The van der Waals surface area contributed by atoms with E-state index in [0.717, 1.165) is 0 Å². The Morgan fingerprint density at radius 2 is 1.93 bits per heavy atom. The van der Waals surface area contributed by atoms with Gasteiger partial charge in [0.25, 0.3) is 11.5 Å². The predicted molar refractivity (Wildman–Crippen MR) is 107 cm³/mol. The summed E-state index contributed by atoms with van der Waals surface area (Å²) in [6.45, 7) is 1.75. The third-order valence-corrected chi connectivity index (χ3v) is 6.11. The maximum absolute atomic E-state index is 13.5. The molecule has 2 fully saturated rings. The molecule has 1 aliphatic carbocycles. The number of nitrogens with zero attached hydrogens (tertiary/aromatic N) is 3. The first-order chi connectivity index (χ1) is 14.3. The van der Waals surface area contributed by atoms with Crippen molar-refractivity contribution in [1.29, 1.82) is 0 Å². The molecule has 2 aromatic heterocycles. The first-order valence-electron chi connectivity index (χ1n) is 10.2. The van der Waals surface area contributed by atoms with Gasteiger partial charge in [0.05, 0.1) is 6.54 Å². The number of β-amino-alcohol motifs (C(OH)–C–C–N with tert-alkyl or cyclic N) is 1. The molecule has 3 heterocycles. The quantitative estimate of drug-likeness (QED) is 0.772. The number of fused-ring (bicyclic) bond motifs is 1. The van der Waals surface area contributed by atoms with Crippen LogP contribution >= 0.6 is 0 Å². The van der Waals surface area contributed by atoms with Crippen LogP contribution in [-0.4, -0.2) is 62.6 Å². The SMILES string of the molecule is Cc1cccc2ncc(C(=O)NC3CCC(C(=O)N4C[C@@H](O)[C@H](F)C4)CC3)c(=O)n12. The lowest BCUT2D eigenvalue weighted by atomic mass is 9.85. The molecule has 2 aliphatic rings. The standard InChI is InChI=1S/C21H25FN4O4/c1-12-3-2-4-18-23-9-15(21(30)26(12)18)19(28)24-14-7-5-13(6-8-14)20(29)25-10-16(22)17(27)11-25/h2-4,9,13-14,16-17,27H,5-8,10-11H2,1H3,(H,24,28)/t13?,14?,16-,17-/m1/s1. The Hall–Kier alpha value is -2.81. The molecule has 0 spiro atoms. The minimum atomic E-state index is -1.39. The van der Waals surface area contributed by atoms with Gasteiger partial charge in [0, 0.05) is 30.4 Å². The number of aliphatic hydroxyl groups excluding tert-OH is 1. The number of alkyl halides is 1. The molecular weight excluding hydrogens is 391 g/mol. The summed E-state index contributed by atoms with van der Waals surface area (Å²) in [7, 11) is 0. The van der Waals surface area contributed by atoms with Crippen molar-refractivity contribution in [2.24, 2.45) is 5.92 Å². The van der Waals surface area contributed by atoms with Crippen molar-refractivity contribution in [3.05, 3.63) is 46.0 Å². The van der Waals surface area contributed by atoms with Crippen molar-refractivity contribution >= 4 is 17.5 Å². The maximum atomic E-state index is 13.5. The molecule has 0 unspecified atom stereocenters. The van der Waals surface area contributed by atoms with E-state index in [9.17, 15) is 23.9 Å². The minimum absolute atomic E-state index is 0.0139. The van der Waals surface area contributed by atoms with E-state index in [0.29, 0.717) is 37.0 Å². The number of halogens is 1. The van der Waals surface area contributed by atoms with Crippen molar-refractivity contribution in [2.45, 2.75) is 50.9 Å². The van der Waals surface area contributed by atoms with Crippen LogP contribution in [0.1, 0.15) is 41.7 Å². The molecule has 8 nitrogen and oxygen atoms in total. The van der Waals surface area contributed by atoms with Gasteiger partial charge in [0.2, 0.25) is 5.91 Å². The Kier molecular flexibility index (Phi) is 5.55. The van der Waals surface area contributed by atoms with Gasteiger partial charge in [-0.15, -0.1) is 0 Å². The fourth-order valence-corrected chi connectivity index (χ4v) is 4.36. The van der Waals surface area contributed by atoms with Gasteiger partial charge in [-0.2, -0.15) is 0 Å². The van der Waals surface area contributed by atoms with E-state index in [1.54, 1.807) is 25.1 Å². The average molecular weight is 416 g/mol. The lowest BCUT2D eigenvalue weighted by Crippen LogP contribution is -2.43. The maximum Gasteiger partial charge on any atom is 0.270 e. The van der Waals surface area contributed by atoms with E-state index in [4.69, 9.17) is 0 Å². The van der Waals surface area contributed by atoms with Crippen molar-refractivity contribution < 1.29 is 19.1 Å². The Morgan fingerprint density at radius 3 is 2.60 bits per heavy atom. The lowest BCUT2D eigenvalue weighted by Gasteiger charge is -2.30. The van der Waals surface area contributed by atoms with Crippen LogP contribution in [0.5, 0.6) is 0 Å². The fraction of sp³-hybridized carbons (Fsp3) is 0.524. The third kappa shape index (κ3) is 3.81. The lowest BCUT2D eigenvalue weighted by molar-refractivity contribution is -0.136. The summed E-state index contributed by atoms with van der Waals surface area (Å²) in [5.74, 6) is -0.833. The van der Waals surface area contributed by atoms with Gasteiger partial charge in [-0.3, -0.25) is 18.8 Å². The Bertz CT molecular complexity index is 1020. The molecule has 4 rings (SSSR count). The number of hydrogen-bond donors (Lipinski definition) is 2. The average Bonchev–Trinajstić information content (AvgIpc) is 3.06. The zero-order valence-electron chi connectivity index (χ0n) is 16.8. The molecule has 9 heteroatoms. The second-order valence-corrected chi connectivity index (χ2v) is 8.19. The molecule has 1 aliphatic heterocycles. The van der Waals surface area contributed by atoms with Crippen molar-refractivity contribution in [2.75, 3.05) is 13.1 Å². The predicted octanol–water partition coefficient (Wildman–Crippen LogP) is 0.833. The summed E-state index contributed by atoms with van der Waals surface area (Å²) in [6.07, 6.45) is 1.14. The van der Waals surface area contributed by atoms with Gasteiger partial charge in [-0.05, 0) is 44.7 Å². The summed E-state index contributed by atoms with van der Waals surface area (Å²) in [5.41, 5.74) is 0.757. The largest absolute Gasteiger partial charge is 0.388 e. The van der Waals surface area contributed by atoms with E-state index in [-0.39, 0.29) is 36.5 Å². The molecule has 1 saturated heterocycles. The van der Waals surface area contributed by atoms with E-state index in [2.05, 4.69) is 10.3 Å². The summed E-state index contributed by atoms with van der Waals surface area (Å²) in [5, 5.41) is 12.4. The first-order valence-corrected chi connectivity index (χ1v) is 10.2. The van der Waals surface area contributed by atoms with Gasteiger partial charge < -0.3 is 15.3 Å². The van der Waals surface area contributed by atoms with Gasteiger partial charge in [0.15, 0.2) is 0 Å². The first kappa shape index (κ1) is 20.5. The highest BCUT2D eigenvalue weighted by molar-refractivity contribution is 5.94. The normalized spacial score (nSPS) is 26.7. The van der Waals surface area contributed by atoms with E-state index in [1.165, 1.54) is 15.5 Å². The third-order valence-electron chi connectivity index (χ3n) is 6.11. The number of likely N-dealkylation sites (tertiary alicyclic amines) is 1. The number of amides is 2. The highest BCUT2D eigenvalue weighted by Gasteiger charge is 2.38. The van der Waals surface area contributed by atoms with Crippen molar-refractivity contribution in [3.63, 3.8) is 0 Å². The van der Waals surface area contributed by atoms with Crippen LogP contribution in [0.3, 0.4) is 0 Å². The monoisotopic (exact) mass is 416 g/mol. The van der Waals surface area contributed by atoms with Crippen LogP contribution in [0, 0.1) is 12.8 Å². The zero-order chi connectivity index (χ0) is 21.4. The van der Waals surface area contributed by atoms with Gasteiger partial charge in [-0.1, -0.05) is 6.07 Å². The van der Waals surface area contributed by atoms with Gasteiger partial charge >= 0.3 is 0 Å². The van der Waals surface area contributed by atoms with E-state index < -0.39 is 23.7 Å². The minimum Gasteiger partial charge on any atom is -0.388 e. The number of aliphatic hydroxyl groups is 1. The number of hydrogen-bond acceptors (Lipinski definition) is 5. The number of aryl methyl sites for hydroxylation is 1. The Labute approximate surface area is 172 Å². The molecule has 2 aromatic rings. The molecule has 0 radical (unpaired) electrons. The highest BCUT2D eigenvalue weighted by Crippen LogP contribution is 2.28. The zero-order valence-corrected chi connectivity index (χ0v) is 16.8. The molecular formula is C21H25FN4O4. The van der Waals surface area contributed by atoms with Crippen LogP contribution in [0.2, 0.25) is 0 Å². The second kappa shape index (κ2) is 8.14. The van der Waals surface area contributed by atoms with Gasteiger partial charge in [0.1, 0.15) is 23.5 Å². The highest BCUT2D eigenvalue weighted by atomic mass is 19.1. The number of carbonyl (C=O) groups excluding carboxylic acids is 2. The molecule has 0 aromatic carbocycles. The fourth-order valence-electron chi connectivity index (χ4n) is 4.36.